The molecule has 2 aromatic rings. The van der Waals surface area contributed by atoms with E-state index in [0.717, 1.165) is 19.3 Å². The summed E-state index contributed by atoms with van der Waals surface area (Å²) in [5.74, 6) is 1.40. The van der Waals surface area contributed by atoms with Crippen molar-refractivity contribution in [1.29, 1.82) is 0 Å². The third-order valence-electron chi connectivity index (χ3n) is 4.57. The molecule has 0 amide bonds. The number of piperidine rings is 1. The Kier molecular flexibility index (Phi) is 5.48. The Hall–Kier alpha value is -1.80. The number of aryl methyl sites for hydroxylation is 1. The van der Waals surface area contributed by atoms with Crippen LogP contribution in [0.3, 0.4) is 0 Å². The van der Waals surface area contributed by atoms with Crippen LogP contribution in [0.25, 0.3) is 11.6 Å². The highest BCUT2D eigenvalue weighted by Crippen LogP contribution is 2.25. The zero-order chi connectivity index (χ0) is 17.9. The molecule has 0 spiro atoms. The number of rotatable bonds is 6. The minimum atomic E-state index is -3.17. The van der Waals surface area contributed by atoms with Gasteiger partial charge in [-0.2, -0.15) is 4.98 Å². The van der Waals surface area contributed by atoms with Crippen molar-refractivity contribution in [1.82, 2.24) is 19.4 Å². The van der Waals surface area contributed by atoms with Crippen LogP contribution in [0.1, 0.15) is 38.9 Å². The van der Waals surface area contributed by atoms with Crippen LogP contribution < -0.4 is 0 Å². The summed E-state index contributed by atoms with van der Waals surface area (Å²) in [6, 6.07) is 5.53. The van der Waals surface area contributed by atoms with E-state index in [9.17, 15) is 8.42 Å². The Morgan fingerprint density at radius 2 is 2.20 bits per heavy atom. The Bertz CT molecular complexity index is 789. The van der Waals surface area contributed by atoms with Crippen LogP contribution in [0.5, 0.6) is 0 Å². The third kappa shape index (κ3) is 4.24. The highest BCUT2D eigenvalue weighted by molar-refractivity contribution is 7.89. The van der Waals surface area contributed by atoms with Gasteiger partial charge in [0.1, 0.15) is 5.69 Å². The van der Waals surface area contributed by atoms with E-state index in [2.05, 4.69) is 15.1 Å². The Morgan fingerprint density at radius 1 is 1.36 bits per heavy atom. The van der Waals surface area contributed by atoms with Gasteiger partial charge in [-0.05, 0) is 51.2 Å². The van der Waals surface area contributed by atoms with Gasteiger partial charge in [0.2, 0.25) is 10.0 Å². The van der Waals surface area contributed by atoms with Crippen LogP contribution in [0.15, 0.2) is 28.9 Å². The molecule has 8 heteroatoms. The molecule has 0 N–H and O–H groups in total. The second-order valence-electron chi connectivity index (χ2n) is 6.73. The van der Waals surface area contributed by atoms with E-state index in [4.69, 9.17) is 4.52 Å². The number of nitrogens with zero attached hydrogens (tertiary/aromatic N) is 4. The van der Waals surface area contributed by atoms with E-state index in [1.165, 1.54) is 0 Å². The summed E-state index contributed by atoms with van der Waals surface area (Å²) >= 11 is 0. The molecule has 1 fully saturated rings. The Morgan fingerprint density at radius 3 is 2.92 bits per heavy atom. The van der Waals surface area contributed by atoms with Crippen molar-refractivity contribution in [3.8, 4) is 11.6 Å². The van der Waals surface area contributed by atoms with Gasteiger partial charge >= 0.3 is 0 Å². The fraction of sp³-hybridized carbons (Fsp3) is 0.588. The first-order valence-corrected chi connectivity index (χ1v) is 10.2. The second-order valence-corrected chi connectivity index (χ2v) is 9.22. The van der Waals surface area contributed by atoms with Crippen molar-refractivity contribution in [3.63, 3.8) is 0 Å². The van der Waals surface area contributed by atoms with E-state index in [1.54, 1.807) is 24.3 Å². The molecule has 2 aromatic heterocycles. The number of hydrogen-bond acceptors (Lipinski definition) is 6. The number of pyridine rings is 1. The molecule has 136 valence electrons. The first-order chi connectivity index (χ1) is 12.0. The van der Waals surface area contributed by atoms with Gasteiger partial charge in [-0.1, -0.05) is 11.2 Å². The van der Waals surface area contributed by atoms with Crippen LogP contribution >= 0.6 is 0 Å². The van der Waals surface area contributed by atoms with Gasteiger partial charge in [0, 0.05) is 25.7 Å². The summed E-state index contributed by atoms with van der Waals surface area (Å²) in [5.41, 5.74) is 0.660. The minimum Gasteiger partial charge on any atom is -0.332 e. The average Bonchev–Trinajstić information content (AvgIpc) is 3.10. The van der Waals surface area contributed by atoms with E-state index in [-0.39, 0.29) is 5.25 Å². The summed E-state index contributed by atoms with van der Waals surface area (Å²) in [7, 11) is -3.17. The van der Waals surface area contributed by atoms with Crippen molar-refractivity contribution in [2.45, 2.75) is 44.8 Å². The summed E-state index contributed by atoms with van der Waals surface area (Å²) in [6.45, 7) is 4.68. The van der Waals surface area contributed by atoms with Crippen LogP contribution in [0.2, 0.25) is 0 Å². The predicted octanol–water partition coefficient (Wildman–Crippen LogP) is 2.51. The molecule has 0 aromatic carbocycles. The van der Waals surface area contributed by atoms with Gasteiger partial charge in [-0.3, -0.25) is 4.98 Å². The number of aromatic nitrogens is 3. The first kappa shape index (κ1) is 18.0. The largest absolute Gasteiger partial charge is 0.332 e. The standard InChI is InChI=1S/C17H24N4O3S/c1-13(2)25(22,23)21-11-5-6-14(12-21)8-9-16-19-17(24-20-16)15-7-3-4-10-18-15/h3-4,7,10,13-14H,5-6,8-9,11-12H2,1-2H3. The van der Waals surface area contributed by atoms with Crippen molar-refractivity contribution in [2.75, 3.05) is 13.1 Å². The van der Waals surface area contributed by atoms with Crippen LogP contribution in [-0.4, -0.2) is 46.2 Å². The lowest BCUT2D eigenvalue weighted by Crippen LogP contribution is -2.43. The molecule has 0 saturated carbocycles. The molecular weight excluding hydrogens is 340 g/mol. The smallest absolute Gasteiger partial charge is 0.276 e. The fourth-order valence-corrected chi connectivity index (χ4v) is 4.47. The zero-order valence-electron chi connectivity index (χ0n) is 14.6. The third-order valence-corrected chi connectivity index (χ3v) is 6.81. The molecule has 1 aliphatic rings. The van der Waals surface area contributed by atoms with Crippen molar-refractivity contribution >= 4 is 10.0 Å². The maximum atomic E-state index is 12.3. The summed E-state index contributed by atoms with van der Waals surface area (Å²) in [5, 5.41) is 3.64. The average molecular weight is 364 g/mol. The molecule has 0 radical (unpaired) electrons. The highest BCUT2D eigenvalue weighted by atomic mass is 32.2. The Labute approximate surface area is 148 Å². The lowest BCUT2D eigenvalue weighted by atomic mass is 9.94. The summed E-state index contributed by atoms with van der Waals surface area (Å²) in [6.07, 6.45) is 5.16. The normalized spacial score (nSPS) is 19.4. The lowest BCUT2D eigenvalue weighted by Gasteiger charge is -2.33. The highest BCUT2D eigenvalue weighted by Gasteiger charge is 2.30. The quantitative estimate of drug-likeness (QED) is 0.782. The molecule has 25 heavy (non-hydrogen) atoms. The van der Waals surface area contributed by atoms with Gasteiger partial charge < -0.3 is 4.52 Å². The molecule has 1 unspecified atom stereocenters. The van der Waals surface area contributed by atoms with E-state index in [0.29, 0.717) is 42.8 Å². The lowest BCUT2D eigenvalue weighted by molar-refractivity contribution is 0.253. The molecule has 7 nitrogen and oxygen atoms in total. The maximum absolute atomic E-state index is 12.3. The summed E-state index contributed by atoms with van der Waals surface area (Å²) < 4.78 is 31.6. The molecule has 1 aliphatic heterocycles. The number of sulfonamides is 1. The van der Waals surface area contributed by atoms with Gasteiger partial charge in [0.05, 0.1) is 5.25 Å². The van der Waals surface area contributed by atoms with Gasteiger partial charge in [-0.15, -0.1) is 0 Å². The van der Waals surface area contributed by atoms with Crippen LogP contribution in [0.4, 0.5) is 0 Å². The van der Waals surface area contributed by atoms with Crippen LogP contribution in [-0.2, 0) is 16.4 Å². The fourth-order valence-electron chi connectivity index (χ4n) is 3.07. The van der Waals surface area contributed by atoms with Gasteiger partial charge in [0.25, 0.3) is 5.89 Å². The minimum absolute atomic E-state index is 0.332. The predicted molar refractivity (Wildman–Crippen MR) is 94.2 cm³/mol. The molecular formula is C17H24N4O3S. The van der Waals surface area contributed by atoms with Crippen molar-refractivity contribution in [2.24, 2.45) is 5.92 Å². The topological polar surface area (TPSA) is 89.2 Å². The van der Waals surface area contributed by atoms with E-state index < -0.39 is 10.0 Å². The maximum Gasteiger partial charge on any atom is 0.276 e. The van der Waals surface area contributed by atoms with Crippen LogP contribution in [0, 0.1) is 5.92 Å². The van der Waals surface area contributed by atoms with E-state index >= 15 is 0 Å². The molecule has 1 atom stereocenters. The first-order valence-electron chi connectivity index (χ1n) is 8.70. The number of hydrogen-bond donors (Lipinski definition) is 0. The second kappa shape index (κ2) is 7.61. The SMILES string of the molecule is CC(C)S(=O)(=O)N1CCCC(CCc2noc(-c3ccccn3)n2)C1. The molecule has 3 heterocycles. The molecule has 1 saturated heterocycles. The van der Waals surface area contributed by atoms with Crippen molar-refractivity contribution < 1.29 is 12.9 Å². The Balaban J connectivity index is 1.58. The molecule has 3 rings (SSSR count). The monoisotopic (exact) mass is 364 g/mol. The van der Waals surface area contributed by atoms with Crippen molar-refractivity contribution in [3.05, 3.63) is 30.2 Å². The summed E-state index contributed by atoms with van der Waals surface area (Å²) in [4.78, 5) is 8.58. The molecule has 0 aliphatic carbocycles. The zero-order valence-corrected chi connectivity index (χ0v) is 15.4. The van der Waals surface area contributed by atoms with Gasteiger partial charge in [-0.25, -0.2) is 12.7 Å². The van der Waals surface area contributed by atoms with E-state index in [1.807, 2.05) is 18.2 Å². The van der Waals surface area contributed by atoms with Gasteiger partial charge in [0.15, 0.2) is 5.82 Å². The molecule has 0 bridgehead atoms.